The quantitative estimate of drug-likeness (QED) is 0.637. The number of nitrogens with one attached hydrogen (secondary N) is 1. The third kappa shape index (κ3) is 3.97. The van der Waals surface area contributed by atoms with Crippen LogP contribution in [0.4, 0.5) is 5.82 Å². The molecular formula is C18H17N5O2S2. The van der Waals surface area contributed by atoms with Crippen molar-refractivity contribution < 1.29 is 9.53 Å². The van der Waals surface area contributed by atoms with Gasteiger partial charge in [-0.1, -0.05) is 23.1 Å². The third-order valence-corrected chi connectivity index (χ3v) is 5.94. The SMILES string of the molecule is COc1ccc(-n2c(C)c(C)c(C#N)c2NC(=O)CSc2nncs2)cc1. The van der Waals surface area contributed by atoms with Crippen molar-refractivity contribution in [3.8, 4) is 17.5 Å². The number of hydrogen-bond donors (Lipinski definition) is 1. The number of anilines is 1. The fourth-order valence-corrected chi connectivity index (χ4v) is 3.92. The van der Waals surface area contributed by atoms with Crippen molar-refractivity contribution in [2.24, 2.45) is 0 Å². The standard InChI is InChI=1S/C18H17N5O2S2/c1-11-12(2)23(13-4-6-14(25-3)7-5-13)17(15(11)8-19)21-16(24)9-26-18-22-20-10-27-18/h4-7,10H,9H2,1-3H3,(H,21,24). The van der Waals surface area contributed by atoms with Gasteiger partial charge < -0.3 is 10.1 Å². The van der Waals surface area contributed by atoms with E-state index in [1.807, 2.05) is 42.7 Å². The van der Waals surface area contributed by atoms with Gasteiger partial charge in [-0.3, -0.25) is 9.36 Å². The molecule has 0 atom stereocenters. The van der Waals surface area contributed by atoms with Gasteiger partial charge >= 0.3 is 0 Å². The van der Waals surface area contributed by atoms with E-state index >= 15 is 0 Å². The smallest absolute Gasteiger partial charge is 0.235 e. The van der Waals surface area contributed by atoms with E-state index in [2.05, 4.69) is 21.6 Å². The molecule has 0 radical (unpaired) electrons. The van der Waals surface area contributed by atoms with Crippen molar-refractivity contribution in [3.63, 3.8) is 0 Å². The molecule has 0 spiro atoms. The molecule has 9 heteroatoms. The number of thioether (sulfide) groups is 1. The predicted molar refractivity (Wildman–Crippen MR) is 106 cm³/mol. The molecule has 2 aromatic heterocycles. The minimum atomic E-state index is -0.209. The van der Waals surface area contributed by atoms with E-state index in [0.717, 1.165) is 27.0 Å². The van der Waals surface area contributed by atoms with Crippen LogP contribution in [0.5, 0.6) is 5.75 Å². The first-order valence-corrected chi connectivity index (χ1v) is 9.87. The average molecular weight is 400 g/mol. The maximum Gasteiger partial charge on any atom is 0.235 e. The zero-order valence-corrected chi connectivity index (χ0v) is 16.6. The molecule has 0 aliphatic carbocycles. The Hall–Kier alpha value is -2.83. The highest BCUT2D eigenvalue weighted by Crippen LogP contribution is 2.31. The zero-order valence-electron chi connectivity index (χ0n) is 15.0. The monoisotopic (exact) mass is 399 g/mol. The molecule has 138 valence electrons. The maximum atomic E-state index is 12.5. The third-order valence-electron chi connectivity index (χ3n) is 4.08. The number of hydrogen-bond acceptors (Lipinski definition) is 7. The van der Waals surface area contributed by atoms with Crippen molar-refractivity contribution in [2.75, 3.05) is 18.2 Å². The summed E-state index contributed by atoms with van der Waals surface area (Å²) in [6, 6.07) is 9.66. The maximum absolute atomic E-state index is 12.5. The van der Waals surface area contributed by atoms with Crippen LogP contribution in [0.2, 0.25) is 0 Å². The van der Waals surface area contributed by atoms with E-state index in [1.165, 1.54) is 23.1 Å². The van der Waals surface area contributed by atoms with Crippen LogP contribution in [0.25, 0.3) is 5.69 Å². The Morgan fingerprint density at radius 3 is 2.70 bits per heavy atom. The molecule has 1 aromatic carbocycles. The molecule has 1 amide bonds. The van der Waals surface area contributed by atoms with E-state index in [0.29, 0.717) is 11.4 Å². The molecule has 3 rings (SSSR count). The largest absolute Gasteiger partial charge is 0.497 e. The van der Waals surface area contributed by atoms with Gasteiger partial charge in [-0.2, -0.15) is 5.26 Å². The number of amides is 1. The van der Waals surface area contributed by atoms with Crippen molar-refractivity contribution in [2.45, 2.75) is 18.2 Å². The van der Waals surface area contributed by atoms with E-state index in [1.54, 1.807) is 12.6 Å². The molecule has 0 bridgehead atoms. The van der Waals surface area contributed by atoms with E-state index in [9.17, 15) is 10.1 Å². The van der Waals surface area contributed by atoms with Gasteiger partial charge in [0.15, 0.2) is 4.34 Å². The molecule has 3 aromatic rings. The van der Waals surface area contributed by atoms with Crippen molar-refractivity contribution in [1.29, 1.82) is 5.26 Å². The van der Waals surface area contributed by atoms with Gasteiger partial charge in [0, 0.05) is 11.4 Å². The zero-order chi connectivity index (χ0) is 19.4. The lowest BCUT2D eigenvalue weighted by molar-refractivity contribution is -0.113. The van der Waals surface area contributed by atoms with Gasteiger partial charge in [0.05, 0.1) is 18.4 Å². The summed E-state index contributed by atoms with van der Waals surface area (Å²) in [5.41, 5.74) is 4.64. The summed E-state index contributed by atoms with van der Waals surface area (Å²) in [6.07, 6.45) is 0. The molecule has 0 aliphatic heterocycles. The number of carbonyl (C=O) groups is 1. The molecule has 0 unspecified atom stereocenters. The van der Waals surface area contributed by atoms with Gasteiger partial charge in [0.25, 0.3) is 0 Å². The molecule has 0 saturated heterocycles. The average Bonchev–Trinajstić information content (AvgIpc) is 3.28. The number of nitriles is 1. The van der Waals surface area contributed by atoms with Gasteiger partial charge in [-0.25, -0.2) is 0 Å². The number of ether oxygens (including phenoxy) is 1. The highest BCUT2D eigenvalue weighted by atomic mass is 32.2. The van der Waals surface area contributed by atoms with Crippen LogP contribution in [0, 0.1) is 25.2 Å². The summed E-state index contributed by atoms with van der Waals surface area (Å²) in [5, 5.41) is 20.2. The minimum absolute atomic E-state index is 0.186. The second-order valence-corrected chi connectivity index (χ2v) is 7.68. The molecule has 0 saturated carbocycles. The van der Waals surface area contributed by atoms with Gasteiger partial charge in [0.2, 0.25) is 5.91 Å². The van der Waals surface area contributed by atoms with Gasteiger partial charge in [-0.15, -0.1) is 10.2 Å². The highest BCUT2D eigenvalue weighted by Gasteiger charge is 2.21. The van der Waals surface area contributed by atoms with Crippen molar-refractivity contribution >= 4 is 34.8 Å². The molecule has 0 fully saturated rings. The van der Waals surface area contributed by atoms with Gasteiger partial charge in [-0.05, 0) is 43.7 Å². The van der Waals surface area contributed by atoms with Gasteiger partial charge in [0.1, 0.15) is 23.1 Å². The first-order chi connectivity index (χ1) is 13.0. The van der Waals surface area contributed by atoms with Crippen LogP contribution in [0.3, 0.4) is 0 Å². The minimum Gasteiger partial charge on any atom is -0.497 e. The number of carbonyl (C=O) groups excluding carboxylic acids is 1. The molecular weight excluding hydrogens is 382 g/mol. The summed E-state index contributed by atoms with van der Waals surface area (Å²) in [6.45, 7) is 3.80. The lowest BCUT2D eigenvalue weighted by Crippen LogP contribution is -2.17. The van der Waals surface area contributed by atoms with Crippen LogP contribution in [0.15, 0.2) is 34.1 Å². The second-order valence-electron chi connectivity index (χ2n) is 5.62. The number of rotatable bonds is 6. The molecule has 0 aliphatic rings. The van der Waals surface area contributed by atoms with Crippen molar-refractivity contribution in [3.05, 3.63) is 46.6 Å². The van der Waals surface area contributed by atoms with E-state index in [4.69, 9.17) is 4.74 Å². The summed E-state index contributed by atoms with van der Waals surface area (Å²) in [7, 11) is 1.61. The lowest BCUT2D eigenvalue weighted by Gasteiger charge is -2.13. The highest BCUT2D eigenvalue weighted by molar-refractivity contribution is 8.01. The van der Waals surface area contributed by atoms with Crippen LogP contribution in [-0.2, 0) is 4.79 Å². The first kappa shape index (κ1) is 18.9. The summed E-state index contributed by atoms with van der Waals surface area (Å²) < 4.78 is 7.80. The van der Waals surface area contributed by atoms with Crippen LogP contribution >= 0.6 is 23.1 Å². The number of nitrogens with zero attached hydrogens (tertiary/aromatic N) is 4. The van der Waals surface area contributed by atoms with E-state index in [-0.39, 0.29) is 11.7 Å². The molecule has 7 nitrogen and oxygen atoms in total. The van der Waals surface area contributed by atoms with Crippen LogP contribution < -0.4 is 10.1 Å². The lowest BCUT2D eigenvalue weighted by atomic mass is 10.2. The molecule has 2 heterocycles. The summed E-state index contributed by atoms with van der Waals surface area (Å²) >= 11 is 2.69. The molecule has 1 N–H and O–H groups in total. The Kier molecular flexibility index (Phi) is 5.78. The van der Waals surface area contributed by atoms with Crippen molar-refractivity contribution in [1.82, 2.24) is 14.8 Å². The summed E-state index contributed by atoms with van der Waals surface area (Å²) in [4.78, 5) is 12.5. The Balaban J connectivity index is 1.91. The number of aromatic nitrogens is 3. The first-order valence-electron chi connectivity index (χ1n) is 8.00. The molecule has 27 heavy (non-hydrogen) atoms. The predicted octanol–water partition coefficient (Wildman–Crippen LogP) is 3.56. The van der Waals surface area contributed by atoms with Crippen LogP contribution in [0.1, 0.15) is 16.8 Å². The van der Waals surface area contributed by atoms with E-state index < -0.39 is 0 Å². The topological polar surface area (TPSA) is 92.8 Å². The Morgan fingerprint density at radius 1 is 1.37 bits per heavy atom. The Labute approximate surface area is 165 Å². The summed E-state index contributed by atoms with van der Waals surface area (Å²) in [5.74, 6) is 1.19. The fraction of sp³-hybridized carbons (Fsp3) is 0.222. The fourth-order valence-electron chi connectivity index (χ4n) is 2.64. The number of benzene rings is 1. The number of methoxy groups -OCH3 is 1. The van der Waals surface area contributed by atoms with Crippen LogP contribution in [-0.4, -0.2) is 33.5 Å². The second kappa shape index (κ2) is 8.24. The Bertz CT molecular complexity index is 988. The Morgan fingerprint density at radius 2 is 2.11 bits per heavy atom. The normalized spacial score (nSPS) is 10.4.